The molecule has 4 nitrogen and oxygen atoms in total. The van der Waals surface area contributed by atoms with Gasteiger partial charge in [0.2, 0.25) is 0 Å². The summed E-state index contributed by atoms with van der Waals surface area (Å²) in [7, 11) is 0. The summed E-state index contributed by atoms with van der Waals surface area (Å²) in [6.45, 7) is 0. The lowest BCUT2D eigenvalue weighted by Crippen LogP contribution is -2.34. The van der Waals surface area contributed by atoms with E-state index in [-0.39, 0.29) is 5.91 Å². The van der Waals surface area contributed by atoms with E-state index < -0.39 is 0 Å². The summed E-state index contributed by atoms with van der Waals surface area (Å²) in [5, 5.41) is 3.14. The molecule has 1 N–H and O–H groups in total. The zero-order valence-electron chi connectivity index (χ0n) is 12.7. The molecule has 2 aromatic rings. The highest BCUT2D eigenvalue weighted by molar-refractivity contribution is 5.94. The first kappa shape index (κ1) is 14.7. The number of aromatic nitrogens is 2. The third-order valence-electron chi connectivity index (χ3n) is 4.17. The van der Waals surface area contributed by atoms with E-state index in [9.17, 15) is 4.79 Å². The Bertz CT molecular complexity index is 602. The van der Waals surface area contributed by atoms with E-state index in [2.05, 4.69) is 15.3 Å². The van der Waals surface area contributed by atoms with Gasteiger partial charge in [-0.1, -0.05) is 25.7 Å². The number of carbonyl (C=O) groups excluding carboxylic acids is 1. The van der Waals surface area contributed by atoms with Crippen molar-refractivity contribution in [1.29, 1.82) is 0 Å². The van der Waals surface area contributed by atoms with E-state index in [1.165, 1.54) is 25.7 Å². The predicted molar refractivity (Wildman–Crippen MR) is 86.4 cm³/mol. The molecule has 0 spiro atoms. The molecule has 2 aromatic heterocycles. The number of pyridine rings is 2. The van der Waals surface area contributed by atoms with Gasteiger partial charge >= 0.3 is 0 Å². The molecule has 0 bridgehead atoms. The summed E-state index contributed by atoms with van der Waals surface area (Å²) in [4.78, 5) is 20.8. The van der Waals surface area contributed by atoms with Gasteiger partial charge in [-0.25, -0.2) is 0 Å². The van der Waals surface area contributed by atoms with Crippen molar-refractivity contribution in [3.8, 4) is 11.3 Å². The molecular formula is C18H21N3O. The maximum atomic E-state index is 12.3. The van der Waals surface area contributed by atoms with E-state index in [1.807, 2.05) is 24.3 Å². The van der Waals surface area contributed by atoms with Crippen LogP contribution in [0.5, 0.6) is 0 Å². The summed E-state index contributed by atoms with van der Waals surface area (Å²) in [6, 6.07) is 7.86. The van der Waals surface area contributed by atoms with Gasteiger partial charge in [-0.2, -0.15) is 0 Å². The number of hydrogen-bond acceptors (Lipinski definition) is 3. The van der Waals surface area contributed by atoms with Gasteiger partial charge in [0.15, 0.2) is 0 Å². The average molecular weight is 295 g/mol. The van der Waals surface area contributed by atoms with Crippen molar-refractivity contribution in [2.75, 3.05) is 0 Å². The van der Waals surface area contributed by atoms with E-state index in [1.54, 1.807) is 18.6 Å². The molecule has 114 valence electrons. The molecule has 1 aliphatic carbocycles. The Balaban J connectivity index is 1.66. The molecule has 0 unspecified atom stereocenters. The highest BCUT2D eigenvalue weighted by Gasteiger charge is 2.16. The minimum Gasteiger partial charge on any atom is -0.349 e. The van der Waals surface area contributed by atoms with Gasteiger partial charge in [-0.15, -0.1) is 0 Å². The van der Waals surface area contributed by atoms with Crippen molar-refractivity contribution < 1.29 is 4.79 Å². The second kappa shape index (κ2) is 7.16. The standard InChI is InChI=1S/C18H21N3O/c22-18(21-16-7-3-1-2-4-8-16)15-9-10-17(20-13-15)14-6-5-11-19-12-14/h5-6,9-13,16H,1-4,7-8H2,(H,21,22). The van der Waals surface area contributed by atoms with E-state index in [0.717, 1.165) is 24.1 Å². The summed E-state index contributed by atoms with van der Waals surface area (Å²) >= 11 is 0. The number of rotatable bonds is 3. The van der Waals surface area contributed by atoms with Crippen LogP contribution in [0.3, 0.4) is 0 Å². The molecule has 0 saturated heterocycles. The van der Waals surface area contributed by atoms with Crippen LogP contribution in [-0.4, -0.2) is 21.9 Å². The molecule has 3 rings (SSSR count). The SMILES string of the molecule is O=C(NC1CCCCCC1)c1ccc(-c2cccnc2)nc1. The molecule has 0 atom stereocenters. The fourth-order valence-corrected chi connectivity index (χ4v) is 2.91. The lowest BCUT2D eigenvalue weighted by atomic mass is 10.1. The Morgan fingerprint density at radius 1 is 1.05 bits per heavy atom. The zero-order chi connectivity index (χ0) is 15.2. The summed E-state index contributed by atoms with van der Waals surface area (Å²) in [5.74, 6) is -0.0165. The van der Waals surface area contributed by atoms with Gasteiger partial charge in [0, 0.05) is 30.2 Å². The van der Waals surface area contributed by atoms with Crippen LogP contribution >= 0.6 is 0 Å². The highest BCUT2D eigenvalue weighted by Crippen LogP contribution is 2.18. The van der Waals surface area contributed by atoms with Crippen LogP contribution in [0.1, 0.15) is 48.9 Å². The minimum atomic E-state index is -0.0165. The molecule has 4 heteroatoms. The molecule has 1 saturated carbocycles. The topological polar surface area (TPSA) is 54.9 Å². The smallest absolute Gasteiger partial charge is 0.253 e. The molecule has 2 heterocycles. The largest absolute Gasteiger partial charge is 0.349 e. The van der Waals surface area contributed by atoms with Crippen LogP contribution in [0.4, 0.5) is 0 Å². The molecule has 0 aromatic carbocycles. The maximum Gasteiger partial charge on any atom is 0.253 e. The van der Waals surface area contributed by atoms with Crippen LogP contribution in [0.2, 0.25) is 0 Å². The Kier molecular flexibility index (Phi) is 4.78. The van der Waals surface area contributed by atoms with Crippen molar-refractivity contribution in [3.63, 3.8) is 0 Å². The lowest BCUT2D eigenvalue weighted by Gasteiger charge is -2.16. The minimum absolute atomic E-state index is 0.0165. The van der Waals surface area contributed by atoms with Gasteiger partial charge in [-0.05, 0) is 37.1 Å². The molecule has 1 fully saturated rings. The van der Waals surface area contributed by atoms with Crippen molar-refractivity contribution in [3.05, 3.63) is 48.4 Å². The van der Waals surface area contributed by atoms with Crippen LogP contribution in [0.25, 0.3) is 11.3 Å². The third kappa shape index (κ3) is 3.70. The Morgan fingerprint density at radius 3 is 2.50 bits per heavy atom. The van der Waals surface area contributed by atoms with Crippen LogP contribution in [-0.2, 0) is 0 Å². The molecule has 1 amide bonds. The van der Waals surface area contributed by atoms with E-state index >= 15 is 0 Å². The van der Waals surface area contributed by atoms with Crippen LogP contribution < -0.4 is 5.32 Å². The second-order valence-electron chi connectivity index (χ2n) is 5.84. The van der Waals surface area contributed by atoms with Crippen molar-refractivity contribution >= 4 is 5.91 Å². The average Bonchev–Trinajstić information content (AvgIpc) is 2.84. The monoisotopic (exact) mass is 295 g/mol. The Hall–Kier alpha value is -2.23. The van der Waals surface area contributed by atoms with E-state index in [4.69, 9.17) is 0 Å². The number of amides is 1. The number of carbonyl (C=O) groups is 1. The Morgan fingerprint density at radius 2 is 1.86 bits per heavy atom. The molecule has 22 heavy (non-hydrogen) atoms. The predicted octanol–water partition coefficient (Wildman–Crippen LogP) is 3.60. The highest BCUT2D eigenvalue weighted by atomic mass is 16.1. The van der Waals surface area contributed by atoms with Gasteiger partial charge in [0.1, 0.15) is 0 Å². The van der Waals surface area contributed by atoms with Crippen molar-refractivity contribution in [2.24, 2.45) is 0 Å². The molecule has 0 radical (unpaired) electrons. The maximum absolute atomic E-state index is 12.3. The van der Waals surface area contributed by atoms with Gasteiger partial charge in [0.25, 0.3) is 5.91 Å². The van der Waals surface area contributed by atoms with Crippen LogP contribution in [0, 0.1) is 0 Å². The first-order valence-corrected chi connectivity index (χ1v) is 8.00. The fourth-order valence-electron chi connectivity index (χ4n) is 2.91. The number of nitrogens with one attached hydrogen (secondary N) is 1. The summed E-state index contributed by atoms with van der Waals surface area (Å²) in [5.41, 5.74) is 2.41. The van der Waals surface area contributed by atoms with Crippen LogP contribution in [0.15, 0.2) is 42.9 Å². The second-order valence-corrected chi connectivity index (χ2v) is 5.84. The summed E-state index contributed by atoms with van der Waals surface area (Å²) in [6.07, 6.45) is 12.3. The zero-order valence-corrected chi connectivity index (χ0v) is 12.7. The molecule has 1 aliphatic rings. The van der Waals surface area contributed by atoms with Crippen molar-refractivity contribution in [1.82, 2.24) is 15.3 Å². The van der Waals surface area contributed by atoms with Gasteiger partial charge in [-0.3, -0.25) is 14.8 Å². The van der Waals surface area contributed by atoms with Crippen molar-refractivity contribution in [2.45, 2.75) is 44.6 Å². The summed E-state index contributed by atoms with van der Waals surface area (Å²) < 4.78 is 0. The normalized spacial score (nSPS) is 16.0. The molecular weight excluding hydrogens is 274 g/mol. The third-order valence-corrected chi connectivity index (χ3v) is 4.17. The van der Waals surface area contributed by atoms with Gasteiger partial charge in [0.05, 0.1) is 11.3 Å². The lowest BCUT2D eigenvalue weighted by molar-refractivity contribution is 0.0933. The number of hydrogen-bond donors (Lipinski definition) is 1. The first-order valence-electron chi connectivity index (χ1n) is 8.00. The number of nitrogens with zero attached hydrogens (tertiary/aromatic N) is 2. The Labute approximate surface area is 131 Å². The van der Waals surface area contributed by atoms with E-state index in [0.29, 0.717) is 11.6 Å². The quantitative estimate of drug-likeness (QED) is 0.880. The molecule has 0 aliphatic heterocycles. The first-order chi connectivity index (χ1) is 10.8. The fraction of sp³-hybridized carbons (Fsp3) is 0.389. The van der Waals surface area contributed by atoms with Gasteiger partial charge < -0.3 is 5.32 Å².